The zero-order valence-corrected chi connectivity index (χ0v) is 23.2. The summed E-state index contributed by atoms with van der Waals surface area (Å²) in [7, 11) is 0. The van der Waals surface area contributed by atoms with Crippen LogP contribution in [0, 0.1) is 5.82 Å². The molecule has 1 aromatic heterocycles. The Bertz CT molecular complexity index is 1690. The molecule has 0 saturated carbocycles. The summed E-state index contributed by atoms with van der Waals surface area (Å²) >= 11 is 6.34. The summed E-state index contributed by atoms with van der Waals surface area (Å²) in [6.45, 7) is 0.0218. The van der Waals surface area contributed by atoms with Crippen molar-refractivity contribution in [1.29, 1.82) is 0 Å². The van der Waals surface area contributed by atoms with Gasteiger partial charge in [-0.05, 0) is 65.6 Å². The molecular formula is C31H22ClF7N2O3. The van der Waals surface area contributed by atoms with E-state index in [1.165, 1.54) is 42.6 Å². The van der Waals surface area contributed by atoms with Crippen LogP contribution in [0.1, 0.15) is 46.4 Å². The van der Waals surface area contributed by atoms with E-state index in [-0.39, 0.29) is 53.2 Å². The topological polar surface area (TPSA) is 79.3 Å². The number of Topliss-reactive ketones (excluding diaryl/α,β-unsaturated/α-hetero) is 1. The van der Waals surface area contributed by atoms with Crippen LogP contribution in [0.15, 0.2) is 72.9 Å². The summed E-state index contributed by atoms with van der Waals surface area (Å²) in [5.41, 5.74) is -0.523. The van der Waals surface area contributed by atoms with Crippen LogP contribution >= 0.6 is 11.6 Å². The van der Waals surface area contributed by atoms with Gasteiger partial charge in [0.1, 0.15) is 11.5 Å². The molecule has 4 rings (SSSR count). The Hall–Kier alpha value is -4.45. The van der Waals surface area contributed by atoms with Gasteiger partial charge >= 0.3 is 18.3 Å². The van der Waals surface area contributed by atoms with Crippen LogP contribution in [-0.2, 0) is 23.7 Å². The molecule has 0 unspecified atom stereocenters. The van der Waals surface area contributed by atoms with Crippen molar-refractivity contribution in [3.8, 4) is 22.3 Å². The molecule has 1 heterocycles. The molecule has 0 aliphatic rings. The van der Waals surface area contributed by atoms with Crippen LogP contribution in [-0.4, -0.2) is 21.8 Å². The number of ketones is 1. The molecule has 0 bridgehead atoms. The van der Waals surface area contributed by atoms with Crippen molar-refractivity contribution in [1.82, 2.24) is 4.98 Å². The average molecular weight is 639 g/mol. The maximum Gasteiger partial charge on any atom is 0.419 e. The summed E-state index contributed by atoms with van der Waals surface area (Å²) in [5, 5.41) is 11.9. The molecule has 3 aromatic carbocycles. The summed E-state index contributed by atoms with van der Waals surface area (Å²) < 4.78 is 93.4. The van der Waals surface area contributed by atoms with Crippen LogP contribution in [0.3, 0.4) is 0 Å². The van der Waals surface area contributed by atoms with E-state index in [1.54, 1.807) is 0 Å². The standard InChI is InChI=1S/C31H22ClF7N2O3/c32-25-14-21(8-9-22(25)17-5-10-24(26(33)12-17)31(37,38)39)40-15-18-4-7-20(30(34,35)36)13-23(18)19-6-11-27(41-16-19)28(42)2-1-3-29(43)44/h4-14,16,40H,1-3,15H2,(H,43,44). The molecule has 230 valence electrons. The van der Waals surface area contributed by atoms with Crippen LogP contribution in [0.4, 0.5) is 36.4 Å². The number of halogens is 8. The van der Waals surface area contributed by atoms with E-state index >= 15 is 0 Å². The molecule has 44 heavy (non-hydrogen) atoms. The number of aliphatic carboxylic acids is 1. The van der Waals surface area contributed by atoms with E-state index in [1.807, 2.05) is 0 Å². The number of nitrogens with one attached hydrogen (secondary N) is 1. The minimum Gasteiger partial charge on any atom is -0.481 e. The van der Waals surface area contributed by atoms with Crippen molar-refractivity contribution in [2.24, 2.45) is 0 Å². The number of carboxylic acid groups (broad SMARTS) is 1. The van der Waals surface area contributed by atoms with E-state index in [9.17, 15) is 40.3 Å². The second kappa shape index (κ2) is 13.0. The first-order valence-electron chi connectivity index (χ1n) is 13.0. The van der Waals surface area contributed by atoms with Gasteiger partial charge in [-0.2, -0.15) is 26.3 Å². The smallest absolute Gasteiger partial charge is 0.419 e. The fraction of sp³-hybridized carbons (Fsp3) is 0.194. The maximum atomic E-state index is 14.1. The number of carbonyl (C=O) groups excluding carboxylic acids is 1. The lowest BCUT2D eigenvalue weighted by Crippen LogP contribution is -2.08. The predicted molar refractivity (Wildman–Crippen MR) is 150 cm³/mol. The summed E-state index contributed by atoms with van der Waals surface area (Å²) in [6.07, 6.45) is -8.34. The monoisotopic (exact) mass is 638 g/mol. The number of pyridine rings is 1. The summed E-state index contributed by atoms with van der Waals surface area (Å²) in [5.74, 6) is -2.89. The van der Waals surface area contributed by atoms with E-state index in [0.717, 1.165) is 24.3 Å². The molecule has 0 aliphatic heterocycles. The maximum absolute atomic E-state index is 14.1. The SMILES string of the molecule is O=C(O)CCCC(=O)c1ccc(-c2cc(C(F)(F)F)ccc2CNc2ccc(-c3ccc(C(F)(F)F)c(F)c3)c(Cl)c2)cn1. The van der Waals surface area contributed by atoms with Crippen molar-refractivity contribution >= 4 is 29.0 Å². The van der Waals surface area contributed by atoms with Crippen LogP contribution in [0.2, 0.25) is 5.02 Å². The van der Waals surface area contributed by atoms with Gasteiger partial charge in [0.25, 0.3) is 0 Å². The first kappa shape index (κ1) is 32.5. The number of carbonyl (C=O) groups is 2. The van der Waals surface area contributed by atoms with E-state index < -0.39 is 41.0 Å². The third-order valence-electron chi connectivity index (χ3n) is 6.63. The zero-order valence-electron chi connectivity index (χ0n) is 22.5. The Labute approximate surface area is 251 Å². The second-order valence-corrected chi connectivity index (χ2v) is 10.1. The highest BCUT2D eigenvalue weighted by atomic mass is 35.5. The molecule has 5 nitrogen and oxygen atoms in total. The first-order chi connectivity index (χ1) is 20.6. The van der Waals surface area contributed by atoms with Gasteiger partial charge in [0.2, 0.25) is 0 Å². The molecule has 0 fully saturated rings. The number of carboxylic acids is 1. The summed E-state index contributed by atoms with van der Waals surface area (Å²) in [6, 6.07) is 12.9. The lowest BCUT2D eigenvalue weighted by molar-refractivity contribution is -0.140. The number of hydrogen-bond acceptors (Lipinski definition) is 4. The number of hydrogen-bond donors (Lipinski definition) is 2. The normalized spacial score (nSPS) is 11.8. The molecule has 0 atom stereocenters. The van der Waals surface area contributed by atoms with Gasteiger partial charge < -0.3 is 10.4 Å². The Balaban J connectivity index is 1.56. The zero-order chi connectivity index (χ0) is 32.2. The van der Waals surface area contributed by atoms with Gasteiger partial charge in [-0.3, -0.25) is 14.6 Å². The van der Waals surface area contributed by atoms with Crippen molar-refractivity contribution in [2.75, 3.05) is 5.32 Å². The Morgan fingerprint density at radius 2 is 1.55 bits per heavy atom. The number of anilines is 1. The van der Waals surface area contributed by atoms with E-state index in [0.29, 0.717) is 22.9 Å². The average Bonchev–Trinajstić information content (AvgIpc) is 2.94. The lowest BCUT2D eigenvalue weighted by Gasteiger charge is -2.16. The molecule has 13 heteroatoms. The van der Waals surface area contributed by atoms with Gasteiger partial charge in [0.05, 0.1) is 16.1 Å². The fourth-order valence-corrected chi connectivity index (χ4v) is 4.68. The van der Waals surface area contributed by atoms with Crippen molar-refractivity contribution in [3.63, 3.8) is 0 Å². The number of benzene rings is 3. The van der Waals surface area contributed by atoms with Gasteiger partial charge in [-0.1, -0.05) is 35.9 Å². The predicted octanol–water partition coefficient (Wildman–Crippen LogP) is 9.30. The van der Waals surface area contributed by atoms with Gasteiger partial charge in [0.15, 0.2) is 5.78 Å². The fourth-order valence-electron chi connectivity index (χ4n) is 4.39. The quantitative estimate of drug-likeness (QED) is 0.134. The van der Waals surface area contributed by atoms with Crippen LogP contribution < -0.4 is 5.32 Å². The van der Waals surface area contributed by atoms with Crippen LogP contribution in [0.25, 0.3) is 22.3 Å². The van der Waals surface area contributed by atoms with E-state index in [4.69, 9.17) is 16.7 Å². The third-order valence-corrected chi connectivity index (χ3v) is 6.94. The molecule has 0 saturated heterocycles. The molecule has 2 N–H and O–H groups in total. The molecule has 0 radical (unpaired) electrons. The minimum atomic E-state index is -4.85. The van der Waals surface area contributed by atoms with E-state index in [2.05, 4.69) is 10.3 Å². The summed E-state index contributed by atoms with van der Waals surface area (Å²) in [4.78, 5) is 27.1. The minimum absolute atomic E-state index is 0.0218. The number of rotatable bonds is 10. The Kier molecular flexibility index (Phi) is 9.62. The Morgan fingerprint density at radius 3 is 2.14 bits per heavy atom. The highest BCUT2D eigenvalue weighted by Gasteiger charge is 2.34. The highest BCUT2D eigenvalue weighted by molar-refractivity contribution is 6.33. The van der Waals surface area contributed by atoms with Gasteiger partial charge in [0, 0.05) is 42.4 Å². The van der Waals surface area contributed by atoms with Gasteiger partial charge in [-0.15, -0.1) is 0 Å². The Morgan fingerprint density at radius 1 is 0.818 bits per heavy atom. The number of alkyl halides is 6. The largest absolute Gasteiger partial charge is 0.481 e. The molecular weight excluding hydrogens is 617 g/mol. The molecule has 4 aromatic rings. The number of aromatic nitrogens is 1. The number of nitrogens with zero attached hydrogens (tertiary/aromatic N) is 1. The molecule has 0 spiro atoms. The van der Waals surface area contributed by atoms with Crippen LogP contribution in [0.5, 0.6) is 0 Å². The van der Waals surface area contributed by atoms with Gasteiger partial charge in [-0.25, -0.2) is 4.39 Å². The second-order valence-electron chi connectivity index (χ2n) is 9.71. The molecule has 0 amide bonds. The van der Waals surface area contributed by atoms with Crippen molar-refractivity contribution in [2.45, 2.75) is 38.2 Å². The van der Waals surface area contributed by atoms with Crippen molar-refractivity contribution in [3.05, 3.63) is 106 Å². The third kappa shape index (κ3) is 7.93. The van der Waals surface area contributed by atoms with Crippen molar-refractivity contribution < 1.29 is 45.4 Å². The highest BCUT2D eigenvalue weighted by Crippen LogP contribution is 2.37. The molecule has 0 aliphatic carbocycles. The lowest BCUT2D eigenvalue weighted by atomic mass is 9.97. The first-order valence-corrected chi connectivity index (χ1v) is 13.3.